The molecule has 21 heavy (non-hydrogen) atoms. The fourth-order valence-corrected chi connectivity index (χ4v) is 2.46. The summed E-state index contributed by atoms with van der Waals surface area (Å²) in [7, 11) is 1.27. The number of benzene rings is 1. The van der Waals surface area contributed by atoms with Crippen molar-refractivity contribution in [3.8, 4) is 11.5 Å². The van der Waals surface area contributed by atoms with Gasteiger partial charge in [0.25, 0.3) is 0 Å². The van der Waals surface area contributed by atoms with Crippen LogP contribution in [0.4, 0.5) is 8.78 Å². The number of hydrogen-bond acceptors (Lipinski definition) is 4. The van der Waals surface area contributed by atoms with E-state index in [2.05, 4.69) is 0 Å². The van der Waals surface area contributed by atoms with Gasteiger partial charge < -0.3 is 19.7 Å². The Balaban J connectivity index is 2.21. The van der Waals surface area contributed by atoms with Gasteiger partial charge in [0.2, 0.25) is 0 Å². The van der Waals surface area contributed by atoms with E-state index in [0.29, 0.717) is 19.3 Å². The first-order valence-corrected chi connectivity index (χ1v) is 6.54. The molecule has 1 aliphatic carbocycles. The molecule has 0 aromatic heterocycles. The van der Waals surface area contributed by atoms with Crippen molar-refractivity contribution >= 4 is 5.97 Å². The number of carbonyl (C=O) groups is 1. The third kappa shape index (κ3) is 3.24. The van der Waals surface area contributed by atoms with Crippen molar-refractivity contribution < 1.29 is 33.3 Å². The van der Waals surface area contributed by atoms with Crippen molar-refractivity contribution in [1.82, 2.24) is 0 Å². The third-order valence-electron chi connectivity index (χ3n) is 3.60. The van der Waals surface area contributed by atoms with Gasteiger partial charge in [-0.05, 0) is 19.3 Å². The van der Waals surface area contributed by atoms with E-state index >= 15 is 0 Å². The lowest BCUT2D eigenvalue weighted by Gasteiger charge is -2.32. The Morgan fingerprint density at radius 1 is 1.24 bits per heavy atom. The van der Waals surface area contributed by atoms with Crippen molar-refractivity contribution in [3.63, 3.8) is 0 Å². The van der Waals surface area contributed by atoms with Crippen molar-refractivity contribution in [1.29, 1.82) is 0 Å². The van der Waals surface area contributed by atoms with E-state index in [4.69, 9.17) is 14.6 Å². The molecule has 0 spiro atoms. The molecular formula is C14H16F2O5. The van der Waals surface area contributed by atoms with Crippen LogP contribution >= 0.6 is 0 Å². The van der Waals surface area contributed by atoms with E-state index in [1.54, 1.807) is 0 Å². The van der Waals surface area contributed by atoms with Crippen molar-refractivity contribution in [2.24, 2.45) is 5.92 Å². The van der Waals surface area contributed by atoms with Crippen LogP contribution in [0.2, 0.25) is 0 Å². The molecule has 0 amide bonds. The third-order valence-corrected chi connectivity index (χ3v) is 3.60. The Morgan fingerprint density at radius 2 is 1.86 bits per heavy atom. The van der Waals surface area contributed by atoms with Gasteiger partial charge in [-0.1, -0.05) is 0 Å². The number of rotatable bonds is 4. The number of aliphatic hydroxyl groups is 1. The van der Waals surface area contributed by atoms with Crippen molar-refractivity contribution in [3.05, 3.63) is 23.8 Å². The van der Waals surface area contributed by atoms with Crippen LogP contribution in [0.1, 0.15) is 19.3 Å². The Bertz CT molecular complexity index is 534. The van der Waals surface area contributed by atoms with Crippen LogP contribution in [0.15, 0.2) is 12.1 Å². The molecule has 1 fully saturated rings. The molecule has 5 nitrogen and oxygen atoms in total. The fraction of sp³-hybridized carbons (Fsp3) is 0.500. The monoisotopic (exact) mass is 302 g/mol. The average molecular weight is 302 g/mol. The molecule has 7 heteroatoms. The lowest BCUT2D eigenvalue weighted by molar-refractivity contribution is -0.151. The molecule has 3 atom stereocenters. The van der Waals surface area contributed by atoms with Crippen LogP contribution in [0.3, 0.4) is 0 Å². The summed E-state index contributed by atoms with van der Waals surface area (Å²) in [6.45, 7) is 0. The Morgan fingerprint density at radius 3 is 2.43 bits per heavy atom. The molecule has 2 unspecified atom stereocenters. The number of carboxylic acids is 1. The van der Waals surface area contributed by atoms with Crippen molar-refractivity contribution in [2.75, 3.05) is 7.11 Å². The van der Waals surface area contributed by atoms with Crippen LogP contribution < -0.4 is 9.47 Å². The predicted octanol–water partition coefficient (Wildman–Crippen LogP) is 1.97. The van der Waals surface area contributed by atoms with Gasteiger partial charge in [0, 0.05) is 12.1 Å². The average Bonchev–Trinajstić information content (AvgIpc) is 2.44. The van der Waals surface area contributed by atoms with Gasteiger partial charge in [0.15, 0.2) is 23.1 Å². The van der Waals surface area contributed by atoms with Crippen LogP contribution in [0.5, 0.6) is 11.5 Å². The number of ether oxygens (including phenoxy) is 2. The standard InChI is InChI=1S/C14H16F2O5/c1-20-11-5-8(15)9(16)6-12(11)21-10-4-2-3-7(13(10)17)14(18)19/h5-7,10,13,17H,2-4H2,1H3,(H,18,19)/t7?,10?,13-/m1/s1. The Hall–Kier alpha value is -1.89. The summed E-state index contributed by atoms with van der Waals surface area (Å²) in [5, 5.41) is 19.1. The molecule has 0 heterocycles. The Kier molecular flexibility index (Phi) is 4.62. The predicted molar refractivity (Wildman–Crippen MR) is 68.3 cm³/mol. The van der Waals surface area contributed by atoms with Gasteiger partial charge in [-0.25, -0.2) is 8.78 Å². The number of methoxy groups -OCH3 is 1. The maximum absolute atomic E-state index is 13.3. The number of halogens is 2. The molecule has 1 aromatic carbocycles. The van der Waals surface area contributed by atoms with Gasteiger partial charge in [0.05, 0.1) is 13.0 Å². The van der Waals surface area contributed by atoms with Gasteiger partial charge >= 0.3 is 5.97 Å². The molecular weight excluding hydrogens is 286 g/mol. The highest BCUT2D eigenvalue weighted by Gasteiger charge is 2.38. The first kappa shape index (κ1) is 15.5. The summed E-state index contributed by atoms with van der Waals surface area (Å²) in [6, 6.07) is 1.67. The SMILES string of the molecule is COc1cc(F)c(F)cc1OC1CCCC(C(=O)O)[C@H]1O. The van der Waals surface area contributed by atoms with E-state index in [0.717, 1.165) is 12.1 Å². The van der Waals surface area contributed by atoms with Crippen molar-refractivity contribution in [2.45, 2.75) is 31.5 Å². The molecule has 0 radical (unpaired) electrons. The lowest BCUT2D eigenvalue weighted by Crippen LogP contribution is -2.44. The first-order chi connectivity index (χ1) is 9.93. The van der Waals surface area contributed by atoms with Gasteiger partial charge in [0.1, 0.15) is 12.2 Å². The normalized spacial score (nSPS) is 25.4. The number of aliphatic hydroxyl groups excluding tert-OH is 1. The summed E-state index contributed by atoms with van der Waals surface area (Å²) in [5.74, 6) is -4.30. The minimum atomic E-state index is -1.21. The molecule has 1 aromatic rings. The molecule has 0 aliphatic heterocycles. The van der Waals surface area contributed by atoms with Gasteiger partial charge in [-0.3, -0.25) is 4.79 Å². The first-order valence-electron chi connectivity index (χ1n) is 6.54. The summed E-state index contributed by atoms with van der Waals surface area (Å²) in [6.07, 6.45) is -0.684. The molecule has 1 aliphatic rings. The quantitative estimate of drug-likeness (QED) is 0.889. The van der Waals surface area contributed by atoms with Crippen LogP contribution in [0.25, 0.3) is 0 Å². The minimum Gasteiger partial charge on any atom is -0.493 e. The second-order valence-corrected chi connectivity index (χ2v) is 4.94. The molecule has 116 valence electrons. The highest BCUT2D eigenvalue weighted by molar-refractivity contribution is 5.71. The summed E-state index contributed by atoms with van der Waals surface area (Å²) < 4.78 is 36.8. The topological polar surface area (TPSA) is 76.0 Å². The van der Waals surface area contributed by atoms with Crippen LogP contribution in [-0.4, -0.2) is 35.5 Å². The largest absolute Gasteiger partial charge is 0.493 e. The Labute approximate surface area is 120 Å². The summed E-state index contributed by atoms with van der Waals surface area (Å²) >= 11 is 0. The number of aliphatic carboxylic acids is 1. The van der Waals surface area contributed by atoms with Crippen LogP contribution in [-0.2, 0) is 4.79 Å². The minimum absolute atomic E-state index is 0.0152. The highest BCUT2D eigenvalue weighted by Crippen LogP contribution is 2.34. The fourth-order valence-electron chi connectivity index (χ4n) is 2.46. The number of carboxylic acid groups (broad SMARTS) is 1. The smallest absolute Gasteiger partial charge is 0.309 e. The lowest BCUT2D eigenvalue weighted by atomic mass is 9.84. The van der Waals surface area contributed by atoms with E-state index in [1.165, 1.54) is 7.11 Å². The number of hydrogen-bond donors (Lipinski definition) is 2. The van der Waals surface area contributed by atoms with Crippen LogP contribution in [0, 0.1) is 17.6 Å². The maximum atomic E-state index is 13.3. The van der Waals surface area contributed by atoms with E-state index in [1.807, 2.05) is 0 Å². The molecule has 0 bridgehead atoms. The maximum Gasteiger partial charge on any atom is 0.309 e. The van der Waals surface area contributed by atoms with E-state index in [-0.39, 0.29) is 11.5 Å². The van der Waals surface area contributed by atoms with Gasteiger partial charge in [-0.2, -0.15) is 0 Å². The zero-order valence-electron chi connectivity index (χ0n) is 11.4. The highest BCUT2D eigenvalue weighted by atomic mass is 19.2. The van der Waals surface area contributed by atoms with E-state index in [9.17, 15) is 18.7 Å². The van der Waals surface area contributed by atoms with E-state index < -0.39 is 35.7 Å². The summed E-state index contributed by atoms with van der Waals surface area (Å²) in [5.41, 5.74) is 0. The van der Waals surface area contributed by atoms with Gasteiger partial charge in [-0.15, -0.1) is 0 Å². The summed E-state index contributed by atoms with van der Waals surface area (Å²) in [4.78, 5) is 11.0. The molecule has 1 saturated carbocycles. The zero-order chi connectivity index (χ0) is 15.6. The second kappa shape index (κ2) is 6.26. The second-order valence-electron chi connectivity index (χ2n) is 4.94. The molecule has 2 rings (SSSR count). The zero-order valence-corrected chi connectivity index (χ0v) is 11.4. The molecule has 2 N–H and O–H groups in total. The molecule has 0 saturated heterocycles.